The molecule has 0 heterocycles. The molecule has 0 atom stereocenters. The van der Waals surface area contributed by atoms with E-state index in [2.05, 4.69) is 25.6 Å². The number of rotatable bonds is 1. The van der Waals surface area contributed by atoms with Gasteiger partial charge >= 0.3 is 50.9 Å². The Labute approximate surface area is 50.9 Å². The molecule has 52 valence electrons. The summed E-state index contributed by atoms with van der Waals surface area (Å²) < 4.78 is 16.5. The van der Waals surface area contributed by atoms with Crippen molar-refractivity contribution in [1.82, 2.24) is 0 Å². The zero-order valence-corrected chi connectivity index (χ0v) is 10.4. The molecule has 0 saturated heterocycles. The van der Waals surface area contributed by atoms with Crippen LogP contribution in [0.3, 0.4) is 0 Å². The monoisotopic (exact) mass is 285 g/mol. The third-order valence-corrected chi connectivity index (χ3v) is 13.2. The van der Waals surface area contributed by atoms with Gasteiger partial charge in [-0.05, 0) is 0 Å². The van der Waals surface area contributed by atoms with Crippen LogP contribution in [-0.4, -0.2) is 0 Å². The summed E-state index contributed by atoms with van der Waals surface area (Å²) in [5.74, 6) is 0. The summed E-state index contributed by atoms with van der Waals surface area (Å²) in [6.45, 7) is 2.20. The van der Waals surface area contributed by atoms with Crippen LogP contribution in [0.4, 0.5) is 0 Å². The topological polar surface area (TPSA) is 26.0 Å². The molecule has 0 fully saturated rings. The van der Waals surface area contributed by atoms with E-state index in [0.717, 1.165) is 0 Å². The van der Waals surface area contributed by atoms with Crippen LogP contribution in [0.5, 0.6) is 0 Å². The van der Waals surface area contributed by atoms with Crippen molar-refractivity contribution >= 4 is 0 Å². The molecule has 0 aromatic carbocycles. The van der Waals surface area contributed by atoms with Crippen LogP contribution < -0.4 is 3.72 Å². The predicted molar refractivity (Wildman–Crippen MR) is 38.1 cm³/mol. The van der Waals surface area contributed by atoms with E-state index < -0.39 is 17.3 Å². The molecule has 0 aromatic heterocycles. The average molecular weight is 284 g/mol. The molecule has 1 nitrogen and oxygen atoms in total. The molecule has 0 spiro atoms. The molecule has 0 aliphatic rings. The molecule has 0 rings (SSSR count). The van der Waals surface area contributed by atoms with Crippen LogP contribution in [-0.2, 0) is 17.3 Å². The van der Waals surface area contributed by atoms with E-state index in [-0.39, 0.29) is 0 Å². The predicted octanol–water partition coefficient (Wildman–Crippen LogP) is 2.72. The van der Waals surface area contributed by atoms with Gasteiger partial charge in [-0.1, -0.05) is 0 Å². The molecular weight excluding hydrogens is 265 g/mol. The summed E-state index contributed by atoms with van der Waals surface area (Å²) in [5, 5.41) is 0. The Balaban J connectivity index is 4.50. The van der Waals surface area contributed by atoms with Gasteiger partial charge in [0.05, 0.1) is 0 Å². The summed E-state index contributed by atoms with van der Waals surface area (Å²) in [6.07, 6.45) is 0. The van der Waals surface area contributed by atoms with Crippen molar-refractivity contribution in [3.63, 3.8) is 0 Å². The molecule has 0 aromatic rings. The van der Waals surface area contributed by atoms with E-state index in [0.29, 0.717) is 0 Å². The maximum absolute atomic E-state index is 6.23. The quantitative estimate of drug-likeness (QED) is 0.736. The van der Waals surface area contributed by atoms with Crippen molar-refractivity contribution in [2.45, 2.75) is 29.8 Å². The zero-order valence-electron chi connectivity index (χ0n) is 6.78. The molecule has 0 aliphatic carbocycles. The fourth-order valence-corrected chi connectivity index (χ4v) is 0. The normalized spacial score (nSPS) is 21.8. The van der Waals surface area contributed by atoms with Crippen LogP contribution in [0.25, 0.3) is 0 Å². The van der Waals surface area contributed by atoms with E-state index >= 15 is 0 Å². The molecule has 0 unspecified atom stereocenters. The Morgan fingerprint density at radius 1 is 1.12 bits per heavy atom. The van der Waals surface area contributed by atoms with E-state index in [4.69, 9.17) is 3.72 Å². The second-order valence-corrected chi connectivity index (χ2v) is 50.1. The molecule has 0 amide bonds. The number of hydrogen-bond donors (Lipinski definition) is 1. The third kappa shape index (κ3) is 6.83. The van der Waals surface area contributed by atoms with Gasteiger partial charge in [-0.25, -0.2) is 0 Å². The van der Waals surface area contributed by atoms with Crippen LogP contribution in [0, 0.1) is 0 Å². The van der Waals surface area contributed by atoms with E-state index in [9.17, 15) is 0 Å². The summed E-state index contributed by atoms with van der Waals surface area (Å²) in [6, 6.07) is 0. The first-order valence-electron chi connectivity index (χ1n) is 3.35. The molecule has 0 bridgehead atoms. The third-order valence-electron chi connectivity index (χ3n) is 1.62. The Morgan fingerprint density at radius 3 is 1.25 bits per heavy atom. The van der Waals surface area contributed by atoms with Gasteiger partial charge in [0.2, 0.25) is 0 Å². The van der Waals surface area contributed by atoms with E-state index in [1.807, 2.05) is 0 Å². The summed E-state index contributed by atoms with van der Waals surface area (Å²) >= 11 is -2.97. The van der Waals surface area contributed by atoms with Crippen LogP contribution in [0.1, 0.15) is 6.92 Å². The molecule has 0 radical (unpaired) electrons. The Bertz CT molecular complexity index is 91.7. The van der Waals surface area contributed by atoms with Crippen molar-refractivity contribution in [2.75, 3.05) is 0 Å². The zero-order chi connectivity index (χ0) is 7.12. The first-order chi connectivity index (χ1) is 3.04. The Hall–Kier alpha value is 0.830. The molecule has 2 N–H and O–H groups in total. The van der Waals surface area contributed by atoms with E-state index in [1.54, 1.807) is 0 Å². The first-order valence-corrected chi connectivity index (χ1v) is 22.3. The summed E-state index contributed by atoms with van der Waals surface area (Å²) in [7, 11) is 0. The first kappa shape index (κ1) is 8.83. The van der Waals surface area contributed by atoms with E-state index in [1.165, 1.54) is 4.18 Å². The molecular formula is C6H19HfN. The molecule has 0 aliphatic heterocycles. The van der Waals surface area contributed by atoms with Crippen LogP contribution in [0.2, 0.25) is 22.9 Å². The molecule has 2 heteroatoms. The van der Waals surface area contributed by atoms with Gasteiger partial charge < -0.3 is 0 Å². The minimum absolute atomic E-state index is 1.19. The SMILES string of the molecule is C[CH2][Hf]([CH3])([CH3])([CH3])([CH3])[NH2]. The minimum atomic E-state index is -2.97. The van der Waals surface area contributed by atoms with Crippen molar-refractivity contribution < 1.29 is 17.3 Å². The van der Waals surface area contributed by atoms with Crippen molar-refractivity contribution in [2.24, 2.45) is 3.72 Å². The van der Waals surface area contributed by atoms with Crippen molar-refractivity contribution in [3.8, 4) is 0 Å². The van der Waals surface area contributed by atoms with Gasteiger partial charge in [0.15, 0.2) is 0 Å². The van der Waals surface area contributed by atoms with Crippen LogP contribution in [0.15, 0.2) is 0 Å². The van der Waals surface area contributed by atoms with Gasteiger partial charge in [0, 0.05) is 0 Å². The Morgan fingerprint density at radius 2 is 1.25 bits per heavy atom. The number of hydrogen-bond acceptors (Lipinski definition) is 1. The summed E-state index contributed by atoms with van der Waals surface area (Å²) in [4.78, 5) is 0. The molecule has 0 saturated carbocycles. The van der Waals surface area contributed by atoms with Crippen molar-refractivity contribution in [1.29, 1.82) is 0 Å². The van der Waals surface area contributed by atoms with Gasteiger partial charge in [-0.2, -0.15) is 0 Å². The summed E-state index contributed by atoms with van der Waals surface area (Å²) in [5.41, 5.74) is 0. The fourth-order valence-electron chi connectivity index (χ4n) is 0. The fraction of sp³-hybridized carbons (Fsp3) is 1.00. The Kier molecular flexibility index (Phi) is 1.42. The van der Waals surface area contributed by atoms with Gasteiger partial charge in [-0.3, -0.25) is 0 Å². The van der Waals surface area contributed by atoms with Crippen molar-refractivity contribution in [3.05, 3.63) is 0 Å². The second kappa shape index (κ2) is 1.29. The van der Waals surface area contributed by atoms with Gasteiger partial charge in [0.1, 0.15) is 0 Å². The van der Waals surface area contributed by atoms with Crippen LogP contribution >= 0.6 is 0 Å². The average Bonchev–Trinajstić information content (AvgIpc) is 1.30. The molecule has 8 heavy (non-hydrogen) atoms. The van der Waals surface area contributed by atoms with Gasteiger partial charge in [-0.15, -0.1) is 0 Å². The number of nitrogens with two attached hydrogens (primary N) is 1. The standard InChI is InChI=1S/C2H5.4CH3.Hf.H2N/c1-2;;;;;;/h1H2,2H3;4*1H3;;1H2/q;;;;;+1;-1. The maximum atomic E-state index is 6.23. The second-order valence-electron chi connectivity index (χ2n) is 6.13. The van der Waals surface area contributed by atoms with Gasteiger partial charge in [0.25, 0.3) is 0 Å².